The largest absolute Gasteiger partial charge is 0.0619 e. The zero-order valence-corrected chi connectivity index (χ0v) is 32.2. The van der Waals surface area contributed by atoms with E-state index in [1.54, 1.807) is 0 Å². The highest BCUT2D eigenvalue weighted by Gasteiger charge is 2.41. The molecule has 0 spiro atoms. The molecule has 0 heterocycles. The number of rotatable bonds is 2. The van der Waals surface area contributed by atoms with Crippen LogP contribution in [0.4, 0.5) is 0 Å². The number of fused-ring (bicyclic) bond motifs is 12. The minimum Gasteiger partial charge on any atom is -0.0619 e. The van der Waals surface area contributed by atoms with Crippen molar-refractivity contribution in [2.45, 2.75) is 38.5 Å². The van der Waals surface area contributed by atoms with Crippen LogP contribution >= 0.6 is 0 Å². The van der Waals surface area contributed by atoms with Gasteiger partial charge in [0.15, 0.2) is 0 Å². The van der Waals surface area contributed by atoms with E-state index in [0.29, 0.717) is 0 Å². The second-order valence-corrected chi connectivity index (χ2v) is 17.2. The number of hydrogen-bond donors (Lipinski definition) is 0. The first-order chi connectivity index (χ1) is 27.3. The molecule has 12 rings (SSSR count). The molecular weight excluding hydrogens is 673 g/mol. The molecule has 0 bridgehead atoms. The lowest BCUT2D eigenvalue weighted by Gasteiger charge is -2.24. The highest BCUT2D eigenvalue weighted by Crippen LogP contribution is 2.57. The average Bonchev–Trinajstić information content (AvgIpc) is 3.59. The summed E-state index contributed by atoms with van der Waals surface area (Å²) in [6.07, 6.45) is 0. The summed E-state index contributed by atoms with van der Waals surface area (Å²) in [7, 11) is 0. The van der Waals surface area contributed by atoms with Gasteiger partial charge in [0.1, 0.15) is 0 Å². The van der Waals surface area contributed by atoms with Crippen LogP contribution < -0.4 is 0 Å². The minimum atomic E-state index is -0.139. The van der Waals surface area contributed by atoms with Gasteiger partial charge in [0.05, 0.1) is 0 Å². The molecule has 0 aromatic heterocycles. The first-order valence-electron chi connectivity index (χ1n) is 20.0. The van der Waals surface area contributed by atoms with E-state index in [2.05, 4.69) is 198 Å². The van der Waals surface area contributed by atoms with Crippen LogP contribution in [0, 0.1) is 0 Å². The SMILES string of the molecule is CC1(C)c2ccccc2-c2cc3c(cc21)-c1ccc(-c2c4ccccc4c(-c4cccc5c4ccc4cc6ccccc6cc45)c4ccccc24)cc1C3(C)C. The molecule has 0 radical (unpaired) electrons. The average molecular weight is 713 g/mol. The van der Waals surface area contributed by atoms with E-state index in [1.807, 2.05) is 0 Å². The molecule has 10 aromatic rings. The van der Waals surface area contributed by atoms with Gasteiger partial charge in [0, 0.05) is 10.8 Å². The van der Waals surface area contributed by atoms with Crippen LogP contribution in [0.2, 0.25) is 0 Å². The Morgan fingerprint density at radius 3 is 1.48 bits per heavy atom. The fraction of sp³-hybridized carbons (Fsp3) is 0.107. The first-order valence-corrected chi connectivity index (χ1v) is 20.0. The molecule has 10 aromatic carbocycles. The predicted molar refractivity (Wildman–Crippen MR) is 240 cm³/mol. The lowest BCUT2D eigenvalue weighted by atomic mass is 9.78. The maximum absolute atomic E-state index is 2.52. The van der Waals surface area contributed by atoms with Crippen molar-refractivity contribution < 1.29 is 0 Å². The second kappa shape index (κ2) is 11.1. The van der Waals surface area contributed by atoms with Crippen LogP contribution in [0.1, 0.15) is 49.9 Å². The molecule has 0 saturated carbocycles. The molecule has 264 valence electrons. The highest BCUT2D eigenvalue weighted by molar-refractivity contribution is 6.25. The van der Waals surface area contributed by atoms with E-state index in [0.717, 1.165) is 0 Å². The summed E-state index contributed by atoms with van der Waals surface area (Å²) in [4.78, 5) is 0. The molecule has 0 atom stereocenters. The third kappa shape index (κ3) is 4.14. The summed E-state index contributed by atoms with van der Waals surface area (Å²) in [6.45, 7) is 9.62. The molecule has 2 aliphatic carbocycles. The smallest absolute Gasteiger partial charge is 0.0159 e. The maximum atomic E-state index is 2.52. The van der Waals surface area contributed by atoms with E-state index >= 15 is 0 Å². The zero-order valence-electron chi connectivity index (χ0n) is 32.2. The first kappa shape index (κ1) is 31.8. The number of benzene rings is 10. The lowest BCUT2D eigenvalue weighted by Crippen LogP contribution is -2.17. The summed E-state index contributed by atoms with van der Waals surface area (Å²) in [5, 5.41) is 12.9. The van der Waals surface area contributed by atoms with Crippen molar-refractivity contribution in [2.24, 2.45) is 0 Å². The van der Waals surface area contributed by atoms with Crippen LogP contribution in [0.5, 0.6) is 0 Å². The topological polar surface area (TPSA) is 0 Å². The Morgan fingerprint density at radius 2 is 0.786 bits per heavy atom. The third-order valence-corrected chi connectivity index (χ3v) is 13.6. The van der Waals surface area contributed by atoms with E-state index in [1.165, 1.54) is 121 Å². The van der Waals surface area contributed by atoms with Gasteiger partial charge in [-0.15, -0.1) is 0 Å². The Morgan fingerprint density at radius 1 is 0.268 bits per heavy atom. The normalized spacial score (nSPS) is 14.7. The Hall–Kier alpha value is -6.50. The molecule has 0 nitrogen and oxygen atoms in total. The quantitative estimate of drug-likeness (QED) is 0.124. The summed E-state index contributed by atoms with van der Waals surface area (Å²) in [6, 6.07) is 64.5. The van der Waals surface area contributed by atoms with Gasteiger partial charge >= 0.3 is 0 Å². The van der Waals surface area contributed by atoms with Gasteiger partial charge in [-0.05, 0) is 151 Å². The molecule has 0 heteroatoms. The van der Waals surface area contributed by atoms with Crippen LogP contribution in [0.15, 0.2) is 170 Å². The summed E-state index contributed by atoms with van der Waals surface area (Å²) in [5.41, 5.74) is 16.2. The number of hydrogen-bond acceptors (Lipinski definition) is 0. The zero-order chi connectivity index (χ0) is 37.5. The monoisotopic (exact) mass is 712 g/mol. The third-order valence-electron chi connectivity index (χ3n) is 13.6. The van der Waals surface area contributed by atoms with E-state index < -0.39 is 0 Å². The predicted octanol–water partition coefficient (Wildman–Crippen LogP) is 15.4. The highest BCUT2D eigenvalue weighted by atomic mass is 14.4. The molecule has 0 saturated heterocycles. The Kier molecular flexibility index (Phi) is 6.28. The molecule has 0 N–H and O–H groups in total. The van der Waals surface area contributed by atoms with Gasteiger partial charge < -0.3 is 0 Å². The maximum Gasteiger partial charge on any atom is 0.0159 e. The van der Waals surface area contributed by atoms with Gasteiger partial charge in [-0.25, -0.2) is 0 Å². The summed E-state index contributed by atoms with van der Waals surface area (Å²) in [5.74, 6) is 0. The molecule has 0 amide bonds. The van der Waals surface area contributed by atoms with Gasteiger partial charge in [0.2, 0.25) is 0 Å². The van der Waals surface area contributed by atoms with E-state index in [9.17, 15) is 0 Å². The van der Waals surface area contributed by atoms with E-state index in [4.69, 9.17) is 0 Å². The van der Waals surface area contributed by atoms with Gasteiger partial charge in [-0.3, -0.25) is 0 Å². The van der Waals surface area contributed by atoms with Gasteiger partial charge in [-0.2, -0.15) is 0 Å². The Labute approximate surface area is 327 Å². The van der Waals surface area contributed by atoms with Crippen molar-refractivity contribution >= 4 is 53.9 Å². The molecule has 0 fully saturated rings. The van der Waals surface area contributed by atoms with Crippen LogP contribution in [-0.4, -0.2) is 0 Å². The fourth-order valence-corrected chi connectivity index (χ4v) is 10.8. The lowest BCUT2D eigenvalue weighted by molar-refractivity contribution is 0.652. The van der Waals surface area contributed by atoms with Crippen LogP contribution in [0.25, 0.3) is 98.4 Å². The summed E-state index contributed by atoms with van der Waals surface area (Å²) < 4.78 is 0. The van der Waals surface area contributed by atoms with Crippen LogP contribution in [-0.2, 0) is 10.8 Å². The van der Waals surface area contributed by atoms with Crippen LogP contribution in [0.3, 0.4) is 0 Å². The molecule has 2 aliphatic rings. The summed E-state index contributed by atoms with van der Waals surface area (Å²) >= 11 is 0. The molecule has 56 heavy (non-hydrogen) atoms. The van der Waals surface area contributed by atoms with Crippen molar-refractivity contribution in [3.63, 3.8) is 0 Å². The van der Waals surface area contributed by atoms with Crippen molar-refractivity contribution in [2.75, 3.05) is 0 Å². The molecule has 0 unspecified atom stereocenters. The van der Waals surface area contributed by atoms with Crippen molar-refractivity contribution in [1.29, 1.82) is 0 Å². The standard InChI is InChI=1S/C56H40/c1-55(2)49-23-12-11-16-39(49)47-31-52-48(32-51(47)55)40-27-25-36(30-50(40)56(52,3)4)53-42-17-7-9-19-44(42)54(45-20-10-8-18-43(45)53)41-22-13-21-37-38(41)26-24-35-28-33-14-5-6-15-34(33)29-46(35)37/h5-32H,1-4H3. The molecular formula is C56H40. The second-order valence-electron chi connectivity index (χ2n) is 17.2. The Bertz CT molecular complexity index is 3300. The van der Waals surface area contributed by atoms with Gasteiger partial charge in [0.25, 0.3) is 0 Å². The van der Waals surface area contributed by atoms with Gasteiger partial charge in [-0.1, -0.05) is 167 Å². The van der Waals surface area contributed by atoms with Crippen molar-refractivity contribution in [3.05, 3.63) is 192 Å². The van der Waals surface area contributed by atoms with Crippen molar-refractivity contribution in [3.8, 4) is 44.5 Å². The van der Waals surface area contributed by atoms with E-state index in [-0.39, 0.29) is 10.8 Å². The van der Waals surface area contributed by atoms with Crippen molar-refractivity contribution in [1.82, 2.24) is 0 Å². The minimum absolute atomic E-state index is 0.0288. The fourth-order valence-electron chi connectivity index (χ4n) is 10.8. The molecule has 0 aliphatic heterocycles. The Balaban J connectivity index is 1.08.